The maximum atomic E-state index is 12.9. The number of hydrogen-bond acceptors (Lipinski definition) is 6. The number of esters is 1. The van der Waals surface area contributed by atoms with Crippen molar-refractivity contribution in [2.75, 3.05) is 0 Å². The molecule has 0 radical (unpaired) electrons. The molecule has 0 unspecified atom stereocenters. The number of para-hydroxylation sites is 1. The summed E-state index contributed by atoms with van der Waals surface area (Å²) in [7, 11) is 0. The maximum Gasteiger partial charge on any atom is 0.342 e. The summed E-state index contributed by atoms with van der Waals surface area (Å²) in [4.78, 5) is 12.3. The van der Waals surface area contributed by atoms with Crippen molar-refractivity contribution in [1.29, 1.82) is 0 Å². The average molecular weight is 379 g/mol. The van der Waals surface area contributed by atoms with Crippen LogP contribution in [0.2, 0.25) is 4.34 Å². The minimum Gasteiger partial charge on any atom is -0.488 e. The van der Waals surface area contributed by atoms with Gasteiger partial charge < -0.3 is 9.47 Å². The second-order valence-corrected chi connectivity index (χ2v) is 6.34. The first-order valence-electron chi connectivity index (χ1n) is 7.23. The molecular weight excluding hydrogens is 367 g/mol. The molecule has 1 aromatic heterocycles. The van der Waals surface area contributed by atoms with Crippen molar-refractivity contribution in [2.24, 2.45) is 0 Å². The lowest BCUT2D eigenvalue weighted by atomic mass is 10.2. The largest absolute Gasteiger partial charge is 0.488 e. The fourth-order valence-corrected chi connectivity index (χ4v) is 2.60. The van der Waals surface area contributed by atoms with Crippen LogP contribution in [0.5, 0.6) is 5.75 Å². The van der Waals surface area contributed by atoms with E-state index >= 15 is 0 Å². The molecule has 2 aromatic carbocycles. The van der Waals surface area contributed by atoms with Crippen LogP contribution in [0.25, 0.3) is 0 Å². The number of nitrogens with zero attached hydrogens (tertiary/aromatic N) is 2. The first-order chi connectivity index (χ1) is 12.1. The molecule has 8 heteroatoms. The van der Waals surface area contributed by atoms with Gasteiger partial charge in [-0.1, -0.05) is 40.4 Å². The normalized spacial score (nSPS) is 10.5. The lowest BCUT2D eigenvalue weighted by Crippen LogP contribution is -2.08. The zero-order valence-corrected chi connectivity index (χ0v) is 14.4. The SMILES string of the molecule is O=C(OCc1nnsc1Cl)c1ccccc1OCc1ccc(F)cc1. The van der Waals surface area contributed by atoms with Gasteiger partial charge in [0.05, 0.1) is 0 Å². The van der Waals surface area contributed by atoms with Crippen molar-refractivity contribution < 1.29 is 18.7 Å². The fourth-order valence-electron chi connectivity index (χ4n) is 2.00. The third-order valence-electron chi connectivity index (χ3n) is 3.26. The van der Waals surface area contributed by atoms with Crippen molar-refractivity contribution in [3.63, 3.8) is 0 Å². The number of ether oxygens (including phenoxy) is 2. The molecule has 3 aromatic rings. The van der Waals surface area contributed by atoms with E-state index in [2.05, 4.69) is 9.59 Å². The second kappa shape index (κ2) is 8.04. The Morgan fingerprint density at radius 3 is 2.60 bits per heavy atom. The summed E-state index contributed by atoms with van der Waals surface area (Å²) >= 11 is 6.90. The lowest BCUT2D eigenvalue weighted by molar-refractivity contribution is 0.0463. The molecule has 0 aliphatic heterocycles. The van der Waals surface area contributed by atoms with Crippen molar-refractivity contribution >= 4 is 29.1 Å². The number of halogens is 2. The van der Waals surface area contributed by atoms with Gasteiger partial charge in [0.1, 0.15) is 40.4 Å². The number of hydrogen-bond donors (Lipinski definition) is 0. The second-order valence-electron chi connectivity index (χ2n) is 4.98. The lowest BCUT2D eigenvalue weighted by Gasteiger charge is -2.11. The van der Waals surface area contributed by atoms with Crippen LogP contribution < -0.4 is 4.74 Å². The van der Waals surface area contributed by atoms with E-state index in [1.54, 1.807) is 36.4 Å². The zero-order chi connectivity index (χ0) is 17.6. The molecule has 1 heterocycles. The summed E-state index contributed by atoms with van der Waals surface area (Å²) in [5.41, 5.74) is 1.47. The quantitative estimate of drug-likeness (QED) is 0.599. The highest BCUT2D eigenvalue weighted by Gasteiger charge is 2.15. The smallest absolute Gasteiger partial charge is 0.342 e. The van der Waals surface area contributed by atoms with Gasteiger partial charge in [0.15, 0.2) is 0 Å². The molecule has 3 rings (SSSR count). The average Bonchev–Trinajstić information content (AvgIpc) is 3.04. The summed E-state index contributed by atoms with van der Waals surface area (Å²) in [6.45, 7) is 0.132. The van der Waals surface area contributed by atoms with E-state index in [4.69, 9.17) is 21.1 Å². The summed E-state index contributed by atoms with van der Waals surface area (Å²) in [6.07, 6.45) is 0. The summed E-state index contributed by atoms with van der Waals surface area (Å²) in [5.74, 6) is -0.499. The molecule has 0 N–H and O–H groups in total. The van der Waals surface area contributed by atoms with Crippen molar-refractivity contribution in [2.45, 2.75) is 13.2 Å². The van der Waals surface area contributed by atoms with Gasteiger partial charge in [-0.25, -0.2) is 9.18 Å². The zero-order valence-electron chi connectivity index (χ0n) is 12.8. The van der Waals surface area contributed by atoms with Gasteiger partial charge in [0, 0.05) is 11.5 Å². The van der Waals surface area contributed by atoms with E-state index in [0.29, 0.717) is 15.8 Å². The molecule has 0 amide bonds. The summed E-state index contributed by atoms with van der Waals surface area (Å²) < 4.78 is 27.9. The van der Waals surface area contributed by atoms with Gasteiger partial charge in [-0.3, -0.25) is 0 Å². The summed E-state index contributed by atoms with van der Waals surface area (Å²) in [5, 5.41) is 3.78. The minimum atomic E-state index is -0.557. The van der Waals surface area contributed by atoms with Crippen LogP contribution in [0.3, 0.4) is 0 Å². The van der Waals surface area contributed by atoms with E-state index < -0.39 is 5.97 Å². The minimum absolute atomic E-state index is 0.0690. The number of carbonyl (C=O) groups excluding carboxylic acids is 1. The highest BCUT2D eigenvalue weighted by Crippen LogP contribution is 2.22. The van der Waals surface area contributed by atoms with Crippen molar-refractivity contribution in [3.8, 4) is 5.75 Å². The molecule has 0 saturated heterocycles. The topological polar surface area (TPSA) is 61.3 Å². The van der Waals surface area contributed by atoms with Gasteiger partial charge in [0.25, 0.3) is 0 Å². The molecule has 0 atom stereocenters. The van der Waals surface area contributed by atoms with Crippen molar-refractivity contribution in [1.82, 2.24) is 9.59 Å². The maximum absolute atomic E-state index is 12.9. The highest BCUT2D eigenvalue weighted by molar-refractivity contribution is 7.10. The standard InChI is InChI=1S/C17H12ClFN2O3S/c18-16-14(20-21-25-16)10-24-17(22)13-3-1-2-4-15(13)23-9-11-5-7-12(19)8-6-11/h1-8H,9-10H2. The molecule has 0 spiro atoms. The number of benzene rings is 2. The van der Waals surface area contributed by atoms with Gasteiger partial charge in [-0.15, -0.1) is 5.10 Å². The molecular formula is C17H12ClFN2O3S. The molecule has 128 valence electrons. The van der Waals surface area contributed by atoms with Crippen LogP contribution in [-0.2, 0) is 18.0 Å². The fraction of sp³-hybridized carbons (Fsp3) is 0.118. The van der Waals surface area contributed by atoms with Gasteiger partial charge in [0.2, 0.25) is 0 Å². The predicted molar refractivity (Wildman–Crippen MR) is 91.2 cm³/mol. The third-order valence-corrected chi connectivity index (χ3v) is 4.25. The van der Waals surface area contributed by atoms with Gasteiger partial charge in [-0.2, -0.15) is 0 Å². The number of aromatic nitrogens is 2. The molecule has 0 aliphatic rings. The van der Waals surface area contributed by atoms with Gasteiger partial charge >= 0.3 is 5.97 Å². The first kappa shape index (κ1) is 17.3. The molecule has 5 nitrogen and oxygen atoms in total. The van der Waals surface area contributed by atoms with Crippen molar-refractivity contribution in [3.05, 3.63) is 75.5 Å². The van der Waals surface area contributed by atoms with Crippen LogP contribution in [0, 0.1) is 5.82 Å². The predicted octanol–water partition coefficient (Wildman–Crippen LogP) is 4.27. The number of rotatable bonds is 6. The Kier molecular flexibility index (Phi) is 5.57. The van der Waals surface area contributed by atoms with Crippen LogP contribution in [0.1, 0.15) is 21.6 Å². The first-order valence-corrected chi connectivity index (χ1v) is 8.39. The Balaban J connectivity index is 1.66. The Bertz CT molecular complexity index is 870. The Morgan fingerprint density at radius 2 is 1.88 bits per heavy atom. The molecule has 0 fully saturated rings. The summed E-state index contributed by atoms with van der Waals surface area (Å²) in [6, 6.07) is 12.7. The van der Waals surface area contributed by atoms with Crippen LogP contribution in [0.4, 0.5) is 4.39 Å². The van der Waals surface area contributed by atoms with E-state index in [0.717, 1.165) is 17.1 Å². The third kappa shape index (κ3) is 4.52. The number of carbonyl (C=O) groups is 1. The van der Waals surface area contributed by atoms with E-state index in [-0.39, 0.29) is 24.6 Å². The van der Waals surface area contributed by atoms with Crippen LogP contribution in [0.15, 0.2) is 48.5 Å². The monoisotopic (exact) mass is 378 g/mol. The Labute approximate surface area is 152 Å². The Hall–Kier alpha value is -2.51. The van der Waals surface area contributed by atoms with E-state index in [1.165, 1.54) is 12.1 Å². The molecule has 25 heavy (non-hydrogen) atoms. The van der Waals surface area contributed by atoms with Crippen LogP contribution in [-0.4, -0.2) is 15.6 Å². The highest BCUT2D eigenvalue weighted by atomic mass is 35.5. The molecule has 0 aliphatic carbocycles. The van der Waals surface area contributed by atoms with Gasteiger partial charge in [-0.05, 0) is 29.8 Å². The Morgan fingerprint density at radius 1 is 1.12 bits per heavy atom. The molecule has 0 saturated carbocycles. The van der Waals surface area contributed by atoms with Crippen LogP contribution >= 0.6 is 23.1 Å². The van der Waals surface area contributed by atoms with E-state index in [9.17, 15) is 9.18 Å². The molecule has 0 bridgehead atoms. The van der Waals surface area contributed by atoms with E-state index in [1.807, 2.05) is 0 Å².